The van der Waals surface area contributed by atoms with Gasteiger partial charge in [-0.15, -0.1) is 0 Å². The molecular formula is C20H23BrN2O3. The fourth-order valence-corrected chi connectivity index (χ4v) is 3.69. The van der Waals surface area contributed by atoms with Crippen LogP contribution in [-0.4, -0.2) is 34.2 Å². The second-order valence-electron chi connectivity index (χ2n) is 7.08. The Balaban J connectivity index is 1.87. The van der Waals surface area contributed by atoms with E-state index < -0.39 is 6.09 Å². The Morgan fingerprint density at radius 1 is 1.38 bits per heavy atom. The van der Waals surface area contributed by atoms with Crippen LogP contribution in [0.25, 0.3) is 0 Å². The fourth-order valence-electron chi connectivity index (χ4n) is 3.46. The van der Waals surface area contributed by atoms with Crippen LogP contribution in [0.2, 0.25) is 0 Å². The van der Waals surface area contributed by atoms with E-state index in [1.807, 2.05) is 24.3 Å². The number of amides is 1. The smallest absolute Gasteiger partial charge is 0.407 e. The maximum absolute atomic E-state index is 11.5. The van der Waals surface area contributed by atoms with Gasteiger partial charge in [0.2, 0.25) is 5.88 Å². The van der Waals surface area contributed by atoms with Crippen LogP contribution >= 0.6 is 15.9 Å². The molecule has 0 spiro atoms. The largest absolute Gasteiger partial charge is 0.465 e. The molecule has 0 saturated heterocycles. The maximum Gasteiger partial charge on any atom is 0.407 e. The number of rotatable bonds is 4. The number of hydrogen-bond acceptors (Lipinski definition) is 3. The molecule has 2 heterocycles. The van der Waals surface area contributed by atoms with Gasteiger partial charge in [0.1, 0.15) is 5.75 Å². The Hall–Kier alpha value is -2.08. The summed E-state index contributed by atoms with van der Waals surface area (Å²) in [5.41, 5.74) is 2.40. The Morgan fingerprint density at radius 3 is 2.85 bits per heavy atom. The average Bonchev–Trinajstić information content (AvgIpc) is 2.76. The van der Waals surface area contributed by atoms with Crippen molar-refractivity contribution in [1.82, 2.24) is 9.88 Å². The third-order valence-electron chi connectivity index (χ3n) is 4.60. The van der Waals surface area contributed by atoms with Crippen molar-refractivity contribution in [2.75, 3.05) is 13.1 Å². The average molecular weight is 419 g/mol. The van der Waals surface area contributed by atoms with E-state index >= 15 is 0 Å². The van der Waals surface area contributed by atoms with Gasteiger partial charge in [-0.3, -0.25) is 0 Å². The fraction of sp³-hybridized carbons (Fsp3) is 0.400. The Morgan fingerprint density at radius 2 is 2.19 bits per heavy atom. The monoisotopic (exact) mass is 418 g/mol. The molecular weight excluding hydrogens is 396 g/mol. The van der Waals surface area contributed by atoms with Crippen molar-refractivity contribution in [3.05, 3.63) is 52.1 Å². The number of halogens is 1. The van der Waals surface area contributed by atoms with Gasteiger partial charge in [-0.1, -0.05) is 19.9 Å². The van der Waals surface area contributed by atoms with Crippen molar-refractivity contribution >= 4 is 22.0 Å². The number of ether oxygens (including phenoxy) is 1. The van der Waals surface area contributed by atoms with E-state index in [2.05, 4.69) is 40.8 Å². The first kappa shape index (κ1) is 18.7. The molecule has 0 bridgehead atoms. The molecule has 0 aliphatic carbocycles. The molecule has 1 atom stereocenters. The molecule has 1 amide bonds. The topological polar surface area (TPSA) is 62.7 Å². The molecule has 0 fully saturated rings. The molecule has 138 valence electrons. The summed E-state index contributed by atoms with van der Waals surface area (Å²) in [4.78, 5) is 17.3. The molecule has 1 unspecified atom stereocenters. The van der Waals surface area contributed by atoms with Crippen molar-refractivity contribution < 1.29 is 14.6 Å². The van der Waals surface area contributed by atoms with E-state index in [1.165, 1.54) is 10.5 Å². The molecule has 2 aromatic rings. The zero-order valence-corrected chi connectivity index (χ0v) is 16.6. The number of pyridine rings is 1. The minimum atomic E-state index is -0.845. The molecule has 5 nitrogen and oxygen atoms in total. The number of aromatic nitrogens is 1. The normalized spacial score (nSPS) is 16.9. The van der Waals surface area contributed by atoms with Gasteiger partial charge in [0.25, 0.3) is 0 Å². The van der Waals surface area contributed by atoms with Gasteiger partial charge >= 0.3 is 6.09 Å². The van der Waals surface area contributed by atoms with E-state index in [0.717, 1.165) is 22.2 Å². The highest BCUT2D eigenvalue weighted by molar-refractivity contribution is 9.10. The minimum Gasteiger partial charge on any atom is -0.465 e. The predicted octanol–water partition coefficient (Wildman–Crippen LogP) is 5.30. The van der Waals surface area contributed by atoms with Crippen molar-refractivity contribution in [2.24, 2.45) is 5.92 Å². The number of benzene rings is 1. The lowest BCUT2D eigenvalue weighted by Crippen LogP contribution is -2.33. The summed E-state index contributed by atoms with van der Waals surface area (Å²) in [6.07, 6.45) is 2.51. The summed E-state index contributed by atoms with van der Waals surface area (Å²) >= 11 is 3.36. The SMILES string of the molecule is CC(C)CC1CN(C(=O)O)CCc2cc(Oc3ccc(Br)cn3)ccc21. The number of carboxylic acid groups (broad SMARTS) is 1. The van der Waals surface area contributed by atoms with Crippen LogP contribution in [0.15, 0.2) is 41.0 Å². The van der Waals surface area contributed by atoms with Crippen LogP contribution in [0.1, 0.15) is 37.3 Å². The minimum absolute atomic E-state index is 0.212. The summed E-state index contributed by atoms with van der Waals surface area (Å²) in [6, 6.07) is 9.75. The summed E-state index contributed by atoms with van der Waals surface area (Å²) < 4.78 is 6.77. The van der Waals surface area contributed by atoms with E-state index in [1.54, 1.807) is 6.20 Å². The van der Waals surface area contributed by atoms with Crippen molar-refractivity contribution in [1.29, 1.82) is 0 Å². The Kier molecular flexibility index (Phi) is 5.81. The van der Waals surface area contributed by atoms with Gasteiger partial charge in [0, 0.05) is 35.7 Å². The van der Waals surface area contributed by atoms with Gasteiger partial charge in [0.05, 0.1) is 0 Å². The third-order valence-corrected chi connectivity index (χ3v) is 5.06. The summed E-state index contributed by atoms with van der Waals surface area (Å²) in [6.45, 7) is 5.41. The van der Waals surface area contributed by atoms with Crippen LogP contribution < -0.4 is 4.74 Å². The van der Waals surface area contributed by atoms with Gasteiger partial charge in [0.15, 0.2) is 0 Å². The van der Waals surface area contributed by atoms with Crippen molar-refractivity contribution in [3.8, 4) is 11.6 Å². The molecule has 6 heteroatoms. The quantitative estimate of drug-likeness (QED) is 0.731. The first-order valence-electron chi connectivity index (χ1n) is 8.82. The van der Waals surface area contributed by atoms with Crippen LogP contribution in [0, 0.1) is 5.92 Å². The highest BCUT2D eigenvalue weighted by Crippen LogP contribution is 2.34. The first-order chi connectivity index (χ1) is 12.4. The molecule has 1 N–H and O–H groups in total. The van der Waals surface area contributed by atoms with E-state index in [-0.39, 0.29) is 5.92 Å². The second-order valence-corrected chi connectivity index (χ2v) is 8.00. The van der Waals surface area contributed by atoms with Gasteiger partial charge in [-0.2, -0.15) is 0 Å². The van der Waals surface area contributed by atoms with Gasteiger partial charge in [-0.25, -0.2) is 9.78 Å². The van der Waals surface area contributed by atoms with E-state index in [4.69, 9.17) is 4.74 Å². The summed E-state index contributed by atoms with van der Waals surface area (Å²) in [7, 11) is 0. The molecule has 26 heavy (non-hydrogen) atoms. The second kappa shape index (κ2) is 8.08. The molecule has 3 rings (SSSR count). The zero-order chi connectivity index (χ0) is 18.7. The summed E-state index contributed by atoms with van der Waals surface area (Å²) in [5, 5.41) is 9.46. The van der Waals surface area contributed by atoms with Crippen molar-refractivity contribution in [3.63, 3.8) is 0 Å². The number of carbonyl (C=O) groups is 1. The zero-order valence-electron chi connectivity index (χ0n) is 15.0. The van der Waals surface area contributed by atoms with Crippen LogP contribution in [0.5, 0.6) is 11.6 Å². The number of nitrogens with zero attached hydrogens (tertiary/aromatic N) is 2. The highest BCUT2D eigenvalue weighted by Gasteiger charge is 2.26. The third kappa shape index (κ3) is 4.55. The molecule has 1 aliphatic heterocycles. The number of fused-ring (bicyclic) bond motifs is 1. The van der Waals surface area contributed by atoms with E-state index in [0.29, 0.717) is 31.3 Å². The molecule has 1 aromatic heterocycles. The van der Waals surface area contributed by atoms with E-state index in [9.17, 15) is 9.90 Å². The van der Waals surface area contributed by atoms with Crippen LogP contribution in [0.3, 0.4) is 0 Å². The van der Waals surface area contributed by atoms with Crippen LogP contribution in [-0.2, 0) is 6.42 Å². The first-order valence-corrected chi connectivity index (χ1v) is 9.61. The predicted molar refractivity (Wildman–Crippen MR) is 104 cm³/mol. The Labute approximate surface area is 162 Å². The lowest BCUT2D eigenvalue weighted by Gasteiger charge is -2.24. The molecule has 1 aromatic carbocycles. The molecule has 1 aliphatic rings. The molecule has 0 saturated carbocycles. The van der Waals surface area contributed by atoms with Gasteiger partial charge < -0.3 is 14.7 Å². The highest BCUT2D eigenvalue weighted by atomic mass is 79.9. The molecule has 0 radical (unpaired) electrons. The lowest BCUT2D eigenvalue weighted by molar-refractivity contribution is 0.142. The number of hydrogen-bond donors (Lipinski definition) is 1. The van der Waals surface area contributed by atoms with Gasteiger partial charge in [-0.05, 0) is 64.0 Å². The van der Waals surface area contributed by atoms with Crippen LogP contribution in [0.4, 0.5) is 4.79 Å². The maximum atomic E-state index is 11.5. The lowest BCUT2D eigenvalue weighted by atomic mass is 9.87. The van der Waals surface area contributed by atoms with Crippen molar-refractivity contribution in [2.45, 2.75) is 32.6 Å². The standard InChI is InChI=1S/C20H23BrN2O3/c1-13(2)9-15-12-23(20(24)25)8-7-14-10-17(4-5-18(14)15)26-19-6-3-16(21)11-22-19/h3-6,10-11,13,15H,7-9,12H2,1-2H3,(H,24,25). The Bertz CT molecular complexity index is 777. The summed E-state index contributed by atoms with van der Waals surface area (Å²) in [5.74, 6) is 1.98.